The van der Waals surface area contributed by atoms with Gasteiger partial charge in [-0.1, -0.05) is 22.0 Å². The van der Waals surface area contributed by atoms with Gasteiger partial charge in [-0.15, -0.1) is 0 Å². The first-order valence-corrected chi connectivity index (χ1v) is 10.9. The second kappa shape index (κ2) is 7.32. The van der Waals surface area contributed by atoms with E-state index in [0.717, 1.165) is 23.9 Å². The van der Waals surface area contributed by atoms with Gasteiger partial charge in [0.25, 0.3) is 0 Å². The second-order valence-corrected chi connectivity index (χ2v) is 8.94. The summed E-state index contributed by atoms with van der Waals surface area (Å²) < 4.78 is 5.98. The summed E-state index contributed by atoms with van der Waals surface area (Å²) in [5.74, 6) is -1.01. The lowest BCUT2D eigenvalue weighted by Gasteiger charge is -2.27. The molecule has 0 aliphatic carbocycles. The number of benzene rings is 2. The number of ketones is 1. The van der Waals surface area contributed by atoms with E-state index in [1.807, 2.05) is 6.07 Å². The quantitative estimate of drug-likeness (QED) is 0.508. The lowest BCUT2D eigenvalue weighted by molar-refractivity contribution is -0.123. The summed E-state index contributed by atoms with van der Waals surface area (Å²) in [5, 5.41) is 0. The number of rotatable bonds is 4. The highest BCUT2D eigenvalue weighted by Crippen LogP contribution is 2.48. The van der Waals surface area contributed by atoms with Crippen molar-refractivity contribution in [2.45, 2.75) is 24.9 Å². The van der Waals surface area contributed by atoms with Gasteiger partial charge in [-0.05, 0) is 61.9 Å². The minimum Gasteiger partial charge on any atom is -0.497 e. The monoisotopic (exact) mass is 468 g/mol. The first kappa shape index (κ1) is 19.5. The molecule has 3 aliphatic rings. The summed E-state index contributed by atoms with van der Waals surface area (Å²) in [4.78, 5) is 43.7. The van der Waals surface area contributed by atoms with Crippen LogP contribution in [0.5, 0.6) is 5.75 Å². The third-order valence-electron chi connectivity index (χ3n) is 6.56. The molecule has 0 aromatic heterocycles. The molecule has 3 aliphatic heterocycles. The zero-order valence-corrected chi connectivity index (χ0v) is 18.0. The highest BCUT2D eigenvalue weighted by atomic mass is 79.9. The predicted octanol–water partition coefficient (Wildman–Crippen LogP) is 3.29. The highest BCUT2D eigenvalue weighted by molar-refractivity contribution is 9.10. The van der Waals surface area contributed by atoms with Crippen LogP contribution in [0, 0.1) is 11.8 Å². The van der Waals surface area contributed by atoms with Gasteiger partial charge in [-0.3, -0.25) is 19.3 Å². The van der Waals surface area contributed by atoms with Gasteiger partial charge in [0.2, 0.25) is 11.8 Å². The standard InChI is InChI=1S/C23H21BrN2O4/c1-30-16-9-7-13(8-10-16)21(27)20-19-18(17-6-3-11-25(17)20)22(28)26(23(19)29)15-5-2-4-14(24)12-15/h2,4-5,7-10,12,17-20H,3,6,11H2,1H3/t17?,18-,19-,20?/m1/s1. The van der Waals surface area contributed by atoms with Gasteiger partial charge in [-0.2, -0.15) is 0 Å². The Labute approximate surface area is 182 Å². The molecule has 3 saturated heterocycles. The molecule has 3 heterocycles. The molecule has 3 fully saturated rings. The topological polar surface area (TPSA) is 66.9 Å². The molecule has 2 unspecified atom stereocenters. The van der Waals surface area contributed by atoms with E-state index >= 15 is 0 Å². The van der Waals surface area contributed by atoms with Crippen LogP contribution in [0.15, 0.2) is 53.0 Å². The van der Waals surface area contributed by atoms with Crippen molar-refractivity contribution in [3.8, 4) is 5.75 Å². The third kappa shape index (κ3) is 2.83. The summed E-state index contributed by atoms with van der Waals surface area (Å²) in [6.07, 6.45) is 1.76. The maximum Gasteiger partial charge on any atom is 0.239 e. The van der Waals surface area contributed by atoms with E-state index in [4.69, 9.17) is 4.74 Å². The first-order valence-electron chi connectivity index (χ1n) is 10.1. The van der Waals surface area contributed by atoms with Crippen molar-refractivity contribution in [1.29, 1.82) is 0 Å². The van der Waals surface area contributed by atoms with Crippen LogP contribution in [0.25, 0.3) is 0 Å². The summed E-state index contributed by atoms with van der Waals surface area (Å²) in [6.45, 7) is 0.738. The Hall–Kier alpha value is -2.51. The van der Waals surface area contributed by atoms with Gasteiger partial charge >= 0.3 is 0 Å². The van der Waals surface area contributed by atoms with E-state index in [1.54, 1.807) is 49.6 Å². The molecule has 5 rings (SSSR count). The fraction of sp³-hybridized carbons (Fsp3) is 0.348. The Morgan fingerprint density at radius 3 is 2.50 bits per heavy atom. The average Bonchev–Trinajstić information content (AvgIpc) is 3.39. The third-order valence-corrected chi connectivity index (χ3v) is 7.05. The Morgan fingerprint density at radius 2 is 1.80 bits per heavy atom. The number of methoxy groups -OCH3 is 1. The molecule has 0 spiro atoms. The van der Waals surface area contributed by atoms with Crippen molar-refractivity contribution in [2.75, 3.05) is 18.6 Å². The van der Waals surface area contributed by atoms with Crippen molar-refractivity contribution < 1.29 is 19.1 Å². The normalized spacial score (nSPS) is 28.0. The number of carbonyl (C=O) groups excluding carboxylic acids is 3. The van der Waals surface area contributed by atoms with Crippen LogP contribution >= 0.6 is 15.9 Å². The number of amides is 2. The Kier molecular flexibility index (Phi) is 4.75. The van der Waals surface area contributed by atoms with E-state index in [1.165, 1.54) is 4.90 Å². The minimum atomic E-state index is -0.642. The maximum absolute atomic E-state index is 13.5. The molecular formula is C23H21BrN2O4. The van der Waals surface area contributed by atoms with Crippen LogP contribution in [-0.2, 0) is 9.59 Å². The molecule has 30 heavy (non-hydrogen) atoms. The number of anilines is 1. The van der Waals surface area contributed by atoms with Crippen LogP contribution in [-0.4, -0.2) is 48.2 Å². The molecule has 2 aromatic rings. The van der Waals surface area contributed by atoms with Gasteiger partial charge in [0.1, 0.15) is 5.75 Å². The molecule has 6 nitrogen and oxygen atoms in total. The Morgan fingerprint density at radius 1 is 1.07 bits per heavy atom. The van der Waals surface area contributed by atoms with Crippen molar-refractivity contribution in [3.05, 3.63) is 58.6 Å². The van der Waals surface area contributed by atoms with E-state index in [-0.39, 0.29) is 23.6 Å². The van der Waals surface area contributed by atoms with E-state index in [0.29, 0.717) is 17.0 Å². The van der Waals surface area contributed by atoms with Crippen LogP contribution in [0.1, 0.15) is 23.2 Å². The first-order chi connectivity index (χ1) is 14.5. The van der Waals surface area contributed by atoms with E-state index < -0.39 is 17.9 Å². The number of hydrogen-bond acceptors (Lipinski definition) is 5. The van der Waals surface area contributed by atoms with Crippen LogP contribution in [0.3, 0.4) is 0 Å². The van der Waals surface area contributed by atoms with Gasteiger partial charge in [0.05, 0.1) is 30.7 Å². The highest BCUT2D eigenvalue weighted by Gasteiger charge is 2.64. The van der Waals surface area contributed by atoms with Crippen LogP contribution < -0.4 is 9.64 Å². The fourth-order valence-corrected chi connectivity index (χ4v) is 5.70. The molecular weight excluding hydrogens is 448 g/mol. The largest absolute Gasteiger partial charge is 0.497 e. The molecule has 154 valence electrons. The van der Waals surface area contributed by atoms with Gasteiger partial charge in [0.15, 0.2) is 5.78 Å². The van der Waals surface area contributed by atoms with Crippen molar-refractivity contribution in [2.24, 2.45) is 11.8 Å². The van der Waals surface area contributed by atoms with Crippen molar-refractivity contribution >= 4 is 39.2 Å². The maximum atomic E-state index is 13.5. The van der Waals surface area contributed by atoms with Gasteiger partial charge in [-0.25, -0.2) is 4.90 Å². The Balaban J connectivity index is 1.53. The molecule has 2 aromatic carbocycles. The van der Waals surface area contributed by atoms with E-state index in [9.17, 15) is 14.4 Å². The molecule has 0 saturated carbocycles. The summed E-state index contributed by atoms with van der Waals surface area (Å²) >= 11 is 3.41. The number of nitrogens with zero attached hydrogens (tertiary/aromatic N) is 2. The minimum absolute atomic E-state index is 0.0594. The summed E-state index contributed by atoms with van der Waals surface area (Å²) in [5.41, 5.74) is 1.09. The molecule has 0 bridgehead atoms. The zero-order valence-electron chi connectivity index (χ0n) is 16.5. The van der Waals surface area contributed by atoms with Crippen molar-refractivity contribution in [1.82, 2.24) is 4.90 Å². The number of imide groups is 1. The molecule has 0 radical (unpaired) electrons. The van der Waals surface area contributed by atoms with Crippen molar-refractivity contribution in [3.63, 3.8) is 0 Å². The number of Topliss-reactive ketones (excluding diaryl/α,β-unsaturated/α-hetero) is 1. The van der Waals surface area contributed by atoms with Gasteiger partial charge < -0.3 is 4.74 Å². The fourth-order valence-electron chi connectivity index (χ4n) is 5.31. The second-order valence-electron chi connectivity index (χ2n) is 8.03. The SMILES string of the molecule is COc1ccc(C(=O)C2[C@@H]3C(=O)N(c4cccc(Br)c4)C(=O)[C@@H]3C3CCCN32)cc1. The summed E-state index contributed by atoms with van der Waals surface area (Å²) in [6, 6.07) is 13.5. The number of ether oxygens (including phenoxy) is 1. The molecule has 7 heteroatoms. The van der Waals surface area contributed by atoms with Crippen LogP contribution in [0.2, 0.25) is 0 Å². The molecule has 2 amide bonds. The lowest BCUT2D eigenvalue weighted by atomic mass is 9.85. The molecule has 0 N–H and O–H groups in total. The van der Waals surface area contributed by atoms with Gasteiger partial charge in [0, 0.05) is 16.1 Å². The number of hydrogen-bond donors (Lipinski definition) is 0. The van der Waals surface area contributed by atoms with E-state index in [2.05, 4.69) is 20.8 Å². The zero-order chi connectivity index (χ0) is 21.0. The number of carbonyl (C=O) groups is 3. The van der Waals surface area contributed by atoms with Crippen LogP contribution in [0.4, 0.5) is 5.69 Å². The Bertz CT molecular complexity index is 1040. The molecule has 4 atom stereocenters. The lowest BCUT2D eigenvalue weighted by Crippen LogP contribution is -2.46. The predicted molar refractivity (Wildman–Crippen MR) is 114 cm³/mol. The smallest absolute Gasteiger partial charge is 0.239 e. The average molecular weight is 469 g/mol. The summed E-state index contributed by atoms with van der Waals surface area (Å²) in [7, 11) is 1.58. The number of fused-ring (bicyclic) bond motifs is 3. The number of halogens is 1.